The van der Waals surface area contributed by atoms with E-state index in [2.05, 4.69) is 6.92 Å². The molecular weight excluding hydrogens is 248 g/mol. The maximum atomic E-state index is 11.7. The van der Waals surface area contributed by atoms with Crippen molar-refractivity contribution < 1.29 is 9.90 Å². The van der Waals surface area contributed by atoms with Crippen molar-refractivity contribution in [3.8, 4) is 0 Å². The van der Waals surface area contributed by atoms with Gasteiger partial charge in [-0.2, -0.15) is 0 Å². The summed E-state index contributed by atoms with van der Waals surface area (Å²) < 4.78 is 0. The van der Waals surface area contributed by atoms with Crippen molar-refractivity contribution in [1.82, 2.24) is 0 Å². The summed E-state index contributed by atoms with van der Waals surface area (Å²) in [5.74, 6) is 4.52. The average molecular weight is 276 g/mol. The first-order chi connectivity index (χ1) is 9.59. The van der Waals surface area contributed by atoms with Gasteiger partial charge in [-0.15, -0.1) is 0 Å². The Labute approximate surface area is 122 Å². The molecule has 0 heterocycles. The van der Waals surface area contributed by atoms with Crippen LogP contribution in [0.1, 0.15) is 64.7 Å². The number of aliphatic hydroxyl groups is 1. The monoisotopic (exact) mass is 276 g/mol. The Bertz CT molecular complexity index is 418. The number of Topliss-reactive ketones (excluding diaryl/α,β-unsaturated/α-hetero) is 1. The van der Waals surface area contributed by atoms with E-state index in [1.54, 1.807) is 0 Å². The lowest BCUT2D eigenvalue weighted by molar-refractivity contribution is -0.128. The first kappa shape index (κ1) is 13.3. The molecule has 0 spiro atoms. The molecule has 1 N–H and O–H groups in total. The molecule has 0 aromatic rings. The summed E-state index contributed by atoms with van der Waals surface area (Å²) in [6.45, 7) is 2.35. The van der Waals surface area contributed by atoms with Gasteiger partial charge in [-0.05, 0) is 80.0 Å². The van der Waals surface area contributed by atoms with Crippen LogP contribution in [0, 0.1) is 35.0 Å². The molecule has 20 heavy (non-hydrogen) atoms. The minimum absolute atomic E-state index is 0.0564. The highest BCUT2D eigenvalue weighted by atomic mass is 16.3. The second-order valence-electron chi connectivity index (χ2n) is 8.35. The van der Waals surface area contributed by atoms with Crippen LogP contribution in [0.2, 0.25) is 0 Å². The van der Waals surface area contributed by atoms with E-state index in [0.717, 1.165) is 49.4 Å². The maximum Gasteiger partial charge on any atom is 0.133 e. The Morgan fingerprint density at radius 3 is 2.70 bits per heavy atom. The Kier molecular flexibility index (Phi) is 3.03. The first-order valence-corrected chi connectivity index (χ1v) is 8.79. The molecule has 0 amide bonds. The van der Waals surface area contributed by atoms with Crippen molar-refractivity contribution in [1.29, 1.82) is 0 Å². The van der Waals surface area contributed by atoms with Crippen LogP contribution in [-0.2, 0) is 4.79 Å². The lowest BCUT2D eigenvalue weighted by Gasteiger charge is -2.55. The summed E-state index contributed by atoms with van der Waals surface area (Å²) in [6, 6.07) is 0. The zero-order valence-corrected chi connectivity index (χ0v) is 12.7. The molecule has 0 aliphatic heterocycles. The van der Waals surface area contributed by atoms with E-state index in [1.165, 1.54) is 32.1 Å². The molecule has 2 heteroatoms. The van der Waals surface area contributed by atoms with Gasteiger partial charge in [0.1, 0.15) is 5.78 Å². The van der Waals surface area contributed by atoms with Crippen LogP contribution in [-0.4, -0.2) is 17.0 Å². The van der Waals surface area contributed by atoms with Crippen LogP contribution < -0.4 is 0 Å². The molecule has 0 aromatic carbocycles. The van der Waals surface area contributed by atoms with Crippen LogP contribution in [0.5, 0.6) is 0 Å². The number of hydrogen-bond acceptors (Lipinski definition) is 2. The van der Waals surface area contributed by atoms with Crippen molar-refractivity contribution >= 4 is 5.78 Å². The number of fused-ring (bicyclic) bond motifs is 5. The van der Waals surface area contributed by atoms with Crippen molar-refractivity contribution in [3.63, 3.8) is 0 Å². The van der Waals surface area contributed by atoms with Gasteiger partial charge in [-0.3, -0.25) is 4.79 Å². The van der Waals surface area contributed by atoms with Crippen molar-refractivity contribution in [2.24, 2.45) is 35.0 Å². The van der Waals surface area contributed by atoms with Gasteiger partial charge < -0.3 is 5.11 Å². The minimum atomic E-state index is -0.0564. The van der Waals surface area contributed by atoms with Gasteiger partial charge in [0.2, 0.25) is 0 Å². The third-order valence-electron chi connectivity index (χ3n) is 7.72. The van der Waals surface area contributed by atoms with Crippen molar-refractivity contribution in [2.45, 2.75) is 70.8 Å². The number of carbonyl (C=O) groups is 1. The van der Waals surface area contributed by atoms with E-state index in [0.29, 0.717) is 11.7 Å². The summed E-state index contributed by atoms with van der Waals surface area (Å²) in [5.41, 5.74) is 0.207. The second-order valence-corrected chi connectivity index (χ2v) is 8.35. The Morgan fingerprint density at radius 1 is 1.00 bits per heavy atom. The summed E-state index contributed by atoms with van der Waals surface area (Å²) in [5, 5.41) is 10.4. The molecule has 2 nitrogen and oxygen atoms in total. The average Bonchev–Trinajstić information content (AvgIpc) is 2.74. The van der Waals surface area contributed by atoms with E-state index in [-0.39, 0.29) is 11.5 Å². The van der Waals surface area contributed by atoms with Crippen LogP contribution in [0.15, 0.2) is 0 Å². The first-order valence-electron chi connectivity index (χ1n) is 8.79. The summed E-state index contributed by atoms with van der Waals surface area (Å²) >= 11 is 0. The third kappa shape index (κ3) is 1.76. The quantitative estimate of drug-likeness (QED) is 0.734. The highest BCUT2D eigenvalue weighted by molar-refractivity contribution is 5.79. The lowest BCUT2D eigenvalue weighted by atomic mass is 9.50. The second kappa shape index (κ2) is 4.56. The largest absolute Gasteiger partial charge is 0.393 e. The predicted molar refractivity (Wildman–Crippen MR) is 78.1 cm³/mol. The summed E-state index contributed by atoms with van der Waals surface area (Å²) in [7, 11) is 0. The number of aliphatic hydroxyl groups excluding tert-OH is 1. The zero-order valence-electron chi connectivity index (χ0n) is 12.7. The van der Waals surface area contributed by atoms with E-state index >= 15 is 0 Å². The highest BCUT2D eigenvalue weighted by Gasteiger charge is 2.56. The van der Waals surface area contributed by atoms with E-state index in [9.17, 15) is 9.90 Å². The molecule has 4 aliphatic carbocycles. The zero-order chi connectivity index (χ0) is 13.9. The molecule has 4 fully saturated rings. The van der Waals surface area contributed by atoms with Gasteiger partial charge in [-0.1, -0.05) is 6.92 Å². The fraction of sp³-hybridized carbons (Fsp3) is 0.944. The van der Waals surface area contributed by atoms with Crippen LogP contribution >= 0.6 is 0 Å². The molecule has 0 saturated heterocycles. The molecule has 112 valence electrons. The fourth-order valence-corrected chi connectivity index (χ4v) is 6.63. The molecule has 0 aromatic heterocycles. The molecule has 0 radical (unpaired) electrons. The topological polar surface area (TPSA) is 37.3 Å². The summed E-state index contributed by atoms with van der Waals surface area (Å²) in [4.78, 5) is 11.7. The Balaban J connectivity index is 1.58. The van der Waals surface area contributed by atoms with Crippen molar-refractivity contribution in [2.75, 3.05) is 0 Å². The van der Waals surface area contributed by atoms with Crippen molar-refractivity contribution in [3.05, 3.63) is 0 Å². The standard InChI is InChI=1S/C18H28O2/c1-18-9-8-14-13-5-3-12(19)10-11(13)2-4-15(14)16(18)6-7-17(18)20/h11,13-17,20H,2-10H2,1H3/t11?,13-,14+,15+,16-,17-,18+/m0/s1. The maximum absolute atomic E-state index is 11.7. The van der Waals surface area contributed by atoms with E-state index in [4.69, 9.17) is 0 Å². The van der Waals surface area contributed by atoms with Gasteiger partial charge in [0.05, 0.1) is 6.10 Å². The van der Waals surface area contributed by atoms with E-state index in [1.807, 2.05) is 0 Å². The van der Waals surface area contributed by atoms with Gasteiger partial charge in [0.25, 0.3) is 0 Å². The lowest BCUT2D eigenvalue weighted by Crippen LogP contribution is -2.49. The summed E-state index contributed by atoms with van der Waals surface area (Å²) in [6.07, 6.45) is 10.2. The highest BCUT2D eigenvalue weighted by Crippen LogP contribution is 2.62. The molecule has 0 bridgehead atoms. The minimum Gasteiger partial charge on any atom is -0.393 e. The third-order valence-corrected chi connectivity index (χ3v) is 7.72. The molecular formula is C18H28O2. The number of ketones is 1. The Morgan fingerprint density at radius 2 is 1.85 bits per heavy atom. The SMILES string of the molecule is C[C@@]12CC[C@H]3[C@@H](CCC4CC(=O)CC[C@@H]43)[C@@H]1CC[C@@H]2O. The predicted octanol–water partition coefficient (Wildman–Crippen LogP) is 3.57. The van der Waals surface area contributed by atoms with Crippen LogP contribution in [0.4, 0.5) is 0 Å². The van der Waals surface area contributed by atoms with Gasteiger partial charge in [0.15, 0.2) is 0 Å². The smallest absolute Gasteiger partial charge is 0.133 e. The Hall–Kier alpha value is -0.370. The van der Waals surface area contributed by atoms with Crippen LogP contribution in [0.25, 0.3) is 0 Å². The van der Waals surface area contributed by atoms with Gasteiger partial charge in [-0.25, -0.2) is 0 Å². The molecule has 4 saturated carbocycles. The van der Waals surface area contributed by atoms with E-state index < -0.39 is 0 Å². The molecule has 1 unspecified atom stereocenters. The normalized spacial score (nSPS) is 55.0. The van der Waals surface area contributed by atoms with Gasteiger partial charge >= 0.3 is 0 Å². The molecule has 4 rings (SSSR count). The number of hydrogen-bond donors (Lipinski definition) is 1. The fourth-order valence-electron chi connectivity index (χ4n) is 6.63. The molecule has 7 atom stereocenters. The molecule has 4 aliphatic rings. The number of rotatable bonds is 0. The van der Waals surface area contributed by atoms with Crippen LogP contribution in [0.3, 0.4) is 0 Å². The number of carbonyl (C=O) groups excluding carboxylic acids is 1. The van der Waals surface area contributed by atoms with Gasteiger partial charge in [0, 0.05) is 12.8 Å².